The molecule has 0 spiro atoms. The Morgan fingerprint density at radius 3 is 2.16 bits per heavy atom. The van der Waals surface area contributed by atoms with Crippen LogP contribution in [0.3, 0.4) is 0 Å². The summed E-state index contributed by atoms with van der Waals surface area (Å²) in [5.41, 5.74) is 0.935. The average Bonchev–Trinajstić information content (AvgIpc) is 2.24. The lowest BCUT2D eigenvalue weighted by molar-refractivity contribution is -0.140. The number of hydrogen-bond donors (Lipinski definition) is 2. The van der Waals surface area contributed by atoms with Crippen molar-refractivity contribution in [3.05, 3.63) is 23.0 Å². The number of primary sulfonamides is 1. The molecule has 11 heteroatoms. The van der Waals surface area contributed by atoms with Crippen LogP contribution in [0, 0.1) is 0 Å². The second-order valence-corrected chi connectivity index (χ2v) is 4.92. The molecule has 0 bridgehead atoms. The third kappa shape index (κ3) is 3.16. The van der Waals surface area contributed by atoms with Gasteiger partial charge in [0.25, 0.3) is 6.43 Å². The van der Waals surface area contributed by atoms with Crippen LogP contribution in [0.2, 0.25) is 0 Å². The zero-order valence-electron chi connectivity index (χ0n) is 9.08. The number of nitrogens with two attached hydrogens (primary N) is 2. The Bertz CT molecular complexity index is 585. The highest BCUT2D eigenvalue weighted by Gasteiger charge is 2.42. The number of rotatable bonds is 3. The molecule has 0 amide bonds. The summed E-state index contributed by atoms with van der Waals surface area (Å²) in [6, 6.07) is 0. The largest absolute Gasteiger partial charge is 0.418 e. The summed E-state index contributed by atoms with van der Waals surface area (Å²) in [5, 5.41) is 4.57. The quantitative estimate of drug-likeness (QED) is 0.818. The fraction of sp³-hybridized carbons (Fsp3) is 0.375. The number of sulfonamides is 1. The third-order valence-corrected chi connectivity index (χ3v) is 3.12. The molecule has 4 N–H and O–H groups in total. The molecule has 1 heterocycles. The Kier molecular flexibility index (Phi) is 4.12. The molecule has 0 aliphatic rings. The molecule has 1 rings (SSSR count). The summed E-state index contributed by atoms with van der Waals surface area (Å²) in [6.45, 7) is -0.728. The van der Waals surface area contributed by atoms with Gasteiger partial charge in [0.1, 0.15) is 10.6 Å². The Hall–Kier alpha value is -1.33. The second kappa shape index (κ2) is 4.98. The van der Waals surface area contributed by atoms with Crippen LogP contribution in [0.5, 0.6) is 0 Å². The number of alkyl halides is 5. The average molecular weight is 305 g/mol. The topological polar surface area (TPSA) is 99.1 Å². The zero-order chi connectivity index (χ0) is 15.0. The maximum absolute atomic E-state index is 12.8. The van der Waals surface area contributed by atoms with E-state index >= 15 is 0 Å². The van der Waals surface area contributed by atoms with Crippen molar-refractivity contribution < 1.29 is 30.4 Å². The Labute approximate surface area is 104 Å². The highest BCUT2D eigenvalue weighted by Crippen LogP contribution is 2.39. The van der Waals surface area contributed by atoms with E-state index in [-0.39, 0.29) is 0 Å². The van der Waals surface area contributed by atoms with E-state index in [1.807, 2.05) is 0 Å². The molecular weight excluding hydrogens is 297 g/mol. The van der Waals surface area contributed by atoms with Gasteiger partial charge in [-0.1, -0.05) is 0 Å². The van der Waals surface area contributed by atoms with Gasteiger partial charge in [0.2, 0.25) is 10.0 Å². The van der Waals surface area contributed by atoms with Gasteiger partial charge in [0.05, 0.1) is 5.56 Å². The van der Waals surface area contributed by atoms with Gasteiger partial charge in [0, 0.05) is 12.7 Å². The van der Waals surface area contributed by atoms with Crippen molar-refractivity contribution in [3.8, 4) is 0 Å². The summed E-state index contributed by atoms with van der Waals surface area (Å²) in [7, 11) is -5.04. The van der Waals surface area contributed by atoms with E-state index in [2.05, 4.69) is 10.1 Å². The van der Waals surface area contributed by atoms with Gasteiger partial charge in [-0.25, -0.2) is 22.3 Å². The first-order valence-electron chi connectivity index (χ1n) is 4.60. The number of pyridine rings is 1. The number of hydrogen-bond acceptors (Lipinski definition) is 4. The molecular formula is C8H8F5N3O2S. The van der Waals surface area contributed by atoms with Crippen LogP contribution in [0.4, 0.5) is 22.0 Å². The zero-order valence-corrected chi connectivity index (χ0v) is 9.89. The molecule has 1 aromatic rings. The molecule has 0 unspecified atom stereocenters. The number of aromatic nitrogens is 1. The molecule has 0 aliphatic heterocycles. The molecule has 0 atom stereocenters. The fourth-order valence-corrected chi connectivity index (χ4v) is 2.42. The highest BCUT2D eigenvalue weighted by atomic mass is 32.2. The van der Waals surface area contributed by atoms with E-state index in [9.17, 15) is 30.4 Å². The van der Waals surface area contributed by atoms with Crippen molar-refractivity contribution in [2.45, 2.75) is 24.0 Å². The van der Waals surface area contributed by atoms with Gasteiger partial charge in [-0.3, -0.25) is 4.98 Å². The van der Waals surface area contributed by atoms with Crippen LogP contribution < -0.4 is 10.9 Å². The summed E-state index contributed by atoms with van der Waals surface area (Å²) in [4.78, 5) is 1.26. The smallest absolute Gasteiger partial charge is 0.326 e. The van der Waals surface area contributed by atoms with Crippen LogP contribution in [0.25, 0.3) is 0 Å². The monoisotopic (exact) mass is 305 g/mol. The third-order valence-electron chi connectivity index (χ3n) is 2.13. The van der Waals surface area contributed by atoms with Crippen molar-refractivity contribution in [2.24, 2.45) is 10.9 Å². The minimum absolute atomic E-state index is 0.457. The van der Waals surface area contributed by atoms with E-state index in [1.165, 1.54) is 0 Å². The van der Waals surface area contributed by atoms with E-state index in [0.29, 0.717) is 6.20 Å². The molecule has 108 valence electrons. The van der Waals surface area contributed by atoms with Gasteiger partial charge in [-0.15, -0.1) is 0 Å². The molecule has 1 aromatic heterocycles. The van der Waals surface area contributed by atoms with Crippen LogP contribution in [0.15, 0.2) is 11.1 Å². The van der Waals surface area contributed by atoms with E-state index < -0.39 is 50.9 Å². The minimum atomic E-state index is -5.21. The Balaban J connectivity index is 3.89. The van der Waals surface area contributed by atoms with Crippen molar-refractivity contribution in [3.63, 3.8) is 0 Å². The molecule has 0 fully saturated rings. The molecule has 0 saturated heterocycles. The predicted octanol–water partition coefficient (Wildman–Crippen LogP) is 1.14. The van der Waals surface area contributed by atoms with E-state index in [0.717, 1.165) is 0 Å². The summed E-state index contributed by atoms with van der Waals surface area (Å²) < 4.78 is 85.9. The van der Waals surface area contributed by atoms with Crippen molar-refractivity contribution >= 4 is 10.0 Å². The molecule has 0 aliphatic carbocycles. The molecule has 19 heavy (non-hydrogen) atoms. The van der Waals surface area contributed by atoms with E-state index in [4.69, 9.17) is 5.73 Å². The van der Waals surface area contributed by atoms with Crippen LogP contribution in [-0.2, 0) is 22.7 Å². The fourth-order valence-electron chi connectivity index (χ4n) is 1.45. The molecule has 5 nitrogen and oxygen atoms in total. The standard InChI is InChI=1S/C8H8F5N3O2S/c9-7(10)5-6(19(15,17)18)4(8(11,12)13)3(1-14)2-16-5/h2,7H,1,14H2,(H2,15,17,18). The lowest BCUT2D eigenvalue weighted by Gasteiger charge is -2.17. The normalized spacial score (nSPS) is 13.1. The van der Waals surface area contributed by atoms with E-state index in [1.54, 1.807) is 0 Å². The molecule has 0 aromatic carbocycles. The van der Waals surface area contributed by atoms with Gasteiger partial charge in [-0.2, -0.15) is 13.2 Å². The Morgan fingerprint density at radius 1 is 1.32 bits per heavy atom. The first kappa shape index (κ1) is 15.7. The summed E-state index contributed by atoms with van der Waals surface area (Å²) in [5.74, 6) is 0. The van der Waals surface area contributed by atoms with Gasteiger partial charge in [0.15, 0.2) is 0 Å². The maximum atomic E-state index is 12.8. The molecule has 0 saturated carbocycles. The number of nitrogens with zero attached hydrogens (tertiary/aromatic N) is 1. The molecule has 0 radical (unpaired) electrons. The van der Waals surface area contributed by atoms with Crippen LogP contribution in [-0.4, -0.2) is 13.4 Å². The van der Waals surface area contributed by atoms with Crippen molar-refractivity contribution in [1.29, 1.82) is 0 Å². The Morgan fingerprint density at radius 2 is 1.84 bits per heavy atom. The lowest BCUT2D eigenvalue weighted by Crippen LogP contribution is -2.24. The second-order valence-electron chi connectivity index (χ2n) is 3.42. The summed E-state index contributed by atoms with van der Waals surface area (Å²) >= 11 is 0. The predicted molar refractivity (Wildman–Crippen MR) is 53.5 cm³/mol. The summed E-state index contributed by atoms with van der Waals surface area (Å²) in [6.07, 6.45) is -8.27. The number of halogens is 5. The lowest BCUT2D eigenvalue weighted by atomic mass is 10.1. The van der Waals surface area contributed by atoms with Gasteiger partial charge < -0.3 is 5.73 Å². The van der Waals surface area contributed by atoms with Crippen LogP contribution in [0.1, 0.15) is 23.2 Å². The van der Waals surface area contributed by atoms with Gasteiger partial charge in [-0.05, 0) is 5.56 Å². The SMILES string of the molecule is NCc1cnc(C(F)F)c(S(N)(=O)=O)c1C(F)(F)F. The first-order chi connectivity index (χ1) is 8.50. The highest BCUT2D eigenvalue weighted by molar-refractivity contribution is 7.89. The van der Waals surface area contributed by atoms with Crippen molar-refractivity contribution in [1.82, 2.24) is 4.98 Å². The maximum Gasteiger partial charge on any atom is 0.418 e. The van der Waals surface area contributed by atoms with Crippen LogP contribution >= 0.6 is 0 Å². The van der Waals surface area contributed by atoms with Gasteiger partial charge >= 0.3 is 6.18 Å². The minimum Gasteiger partial charge on any atom is -0.326 e. The van der Waals surface area contributed by atoms with Crippen molar-refractivity contribution in [2.75, 3.05) is 0 Å². The first-order valence-corrected chi connectivity index (χ1v) is 6.14.